The number of hydrogen-bond acceptors (Lipinski definition) is 3. The molecule has 0 spiro atoms. The van der Waals surface area contributed by atoms with Crippen molar-refractivity contribution in [2.75, 3.05) is 0 Å². The first-order valence-electron chi connectivity index (χ1n) is 10.2. The van der Waals surface area contributed by atoms with E-state index in [2.05, 4.69) is 48.5 Å². The zero-order valence-electron chi connectivity index (χ0n) is 16.5. The Morgan fingerprint density at radius 2 is 1.61 bits per heavy atom. The monoisotopic (exact) mass is 444 g/mol. The third-order valence-electron chi connectivity index (χ3n) is 6.01. The van der Waals surface area contributed by atoms with Crippen molar-refractivity contribution in [3.8, 4) is 5.75 Å². The molecule has 4 aromatic carbocycles. The zero-order valence-corrected chi connectivity index (χ0v) is 18.0. The van der Waals surface area contributed by atoms with E-state index >= 15 is 0 Å². The molecular formula is C26H18Cl2N2O. The summed E-state index contributed by atoms with van der Waals surface area (Å²) in [5, 5.41) is 10.7. The lowest BCUT2D eigenvalue weighted by molar-refractivity contribution is -0.0189. The molecule has 2 heterocycles. The summed E-state index contributed by atoms with van der Waals surface area (Å²) in [5.41, 5.74) is 4.18. The molecule has 6 rings (SSSR count). The van der Waals surface area contributed by atoms with E-state index in [-0.39, 0.29) is 6.04 Å². The molecule has 0 N–H and O–H groups in total. The maximum absolute atomic E-state index is 6.56. The molecule has 0 saturated carbocycles. The number of benzene rings is 4. The van der Waals surface area contributed by atoms with Gasteiger partial charge in [0.1, 0.15) is 5.75 Å². The molecule has 152 valence electrons. The Kier molecular flexibility index (Phi) is 4.41. The van der Waals surface area contributed by atoms with E-state index < -0.39 is 6.23 Å². The van der Waals surface area contributed by atoms with E-state index in [1.165, 1.54) is 10.8 Å². The average molecular weight is 445 g/mol. The van der Waals surface area contributed by atoms with Crippen molar-refractivity contribution in [3.05, 3.63) is 112 Å². The number of nitrogens with zero attached hydrogens (tertiary/aromatic N) is 2. The third kappa shape index (κ3) is 3.16. The van der Waals surface area contributed by atoms with E-state index in [0.717, 1.165) is 34.6 Å². The van der Waals surface area contributed by atoms with Crippen molar-refractivity contribution in [1.82, 2.24) is 5.01 Å². The minimum atomic E-state index is -0.414. The topological polar surface area (TPSA) is 24.8 Å². The molecule has 0 unspecified atom stereocenters. The summed E-state index contributed by atoms with van der Waals surface area (Å²) in [6.45, 7) is 0. The Balaban J connectivity index is 1.46. The van der Waals surface area contributed by atoms with Gasteiger partial charge in [-0.25, -0.2) is 5.01 Å². The van der Waals surface area contributed by atoms with E-state index in [0.29, 0.717) is 10.0 Å². The first-order valence-corrected chi connectivity index (χ1v) is 11.0. The summed E-state index contributed by atoms with van der Waals surface area (Å²) in [6, 6.07) is 28.7. The van der Waals surface area contributed by atoms with Gasteiger partial charge in [-0.05, 0) is 40.6 Å². The van der Waals surface area contributed by atoms with Gasteiger partial charge in [0.2, 0.25) is 6.23 Å². The molecule has 0 aliphatic carbocycles. The maximum atomic E-state index is 6.56. The Labute approximate surface area is 190 Å². The molecule has 0 saturated heterocycles. The maximum Gasteiger partial charge on any atom is 0.215 e. The number of halogens is 2. The van der Waals surface area contributed by atoms with Gasteiger partial charge in [0.25, 0.3) is 0 Å². The van der Waals surface area contributed by atoms with Crippen molar-refractivity contribution in [2.24, 2.45) is 5.10 Å². The second kappa shape index (κ2) is 7.30. The fourth-order valence-electron chi connectivity index (χ4n) is 4.48. The SMILES string of the molecule is Clc1ccc([C@H]2Oc3ccccc3[C@@H]3CC(c4ccc5ccccc5c4)=NN23)c(Cl)c1. The van der Waals surface area contributed by atoms with Crippen molar-refractivity contribution in [2.45, 2.75) is 18.7 Å². The largest absolute Gasteiger partial charge is 0.464 e. The molecule has 0 bridgehead atoms. The number of para-hydroxylation sites is 1. The van der Waals surface area contributed by atoms with Crippen LogP contribution in [0.5, 0.6) is 5.75 Å². The molecule has 0 aromatic heterocycles. The molecule has 0 amide bonds. The van der Waals surface area contributed by atoms with Gasteiger partial charge in [0.15, 0.2) is 0 Å². The second-order valence-corrected chi connectivity index (χ2v) is 8.73. The summed E-state index contributed by atoms with van der Waals surface area (Å²) in [7, 11) is 0. The number of fused-ring (bicyclic) bond motifs is 4. The normalized spacial score (nSPS) is 19.5. The van der Waals surface area contributed by atoms with Crippen LogP contribution < -0.4 is 4.74 Å². The van der Waals surface area contributed by atoms with E-state index in [1.807, 2.05) is 35.3 Å². The summed E-state index contributed by atoms with van der Waals surface area (Å²) in [5.74, 6) is 0.870. The Hall–Kier alpha value is -3.01. The molecular weight excluding hydrogens is 427 g/mol. The quantitative estimate of drug-likeness (QED) is 0.321. The molecule has 31 heavy (non-hydrogen) atoms. The van der Waals surface area contributed by atoms with Crippen molar-refractivity contribution in [1.29, 1.82) is 0 Å². The van der Waals surface area contributed by atoms with Gasteiger partial charge >= 0.3 is 0 Å². The number of ether oxygens (including phenoxy) is 1. The van der Waals surface area contributed by atoms with Crippen LogP contribution in [0.15, 0.2) is 90.0 Å². The van der Waals surface area contributed by atoms with Crippen LogP contribution in [0.25, 0.3) is 10.8 Å². The highest BCUT2D eigenvalue weighted by Gasteiger charge is 2.41. The Morgan fingerprint density at radius 3 is 2.48 bits per heavy atom. The van der Waals surface area contributed by atoms with Crippen LogP contribution in [0, 0.1) is 0 Å². The molecule has 4 aromatic rings. The van der Waals surface area contributed by atoms with Gasteiger partial charge in [0, 0.05) is 22.6 Å². The van der Waals surface area contributed by atoms with Crippen molar-refractivity contribution < 1.29 is 4.74 Å². The van der Waals surface area contributed by atoms with Gasteiger partial charge in [-0.1, -0.05) is 83.9 Å². The smallest absolute Gasteiger partial charge is 0.215 e. The van der Waals surface area contributed by atoms with Crippen LogP contribution in [0.1, 0.15) is 35.4 Å². The standard InChI is InChI=1S/C26H18Cl2N2O/c27-19-11-12-20(22(28)14-19)26-30-24(21-7-3-4-8-25(21)31-26)15-23(29-30)18-10-9-16-5-1-2-6-17(16)13-18/h1-14,24,26H,15H2/t24-,26+/m0/s1. The lowest BCUT2D eigenvalue weighted by atomic mass is 9.95. The van der Waals surface area contributed by atoms with Crippen LogP contribution in [-0.4, -0.2) is 10.7 Å². The van der Waals surface area contributed by atoms with Crippen LogP contribution in [0.3, 0.4) is 0 Å². The zero-order chi connectivity index (χ0) is 20.9. The predicted octanol–water partition coefficient (Wildman–Crippen LogP) is 7.39. The fraction of sp³-hybridized carbons (Fsp3) is 0.115. The summed E-state index contributed by atoms with van der Waals surface area (Å²) in [6.07, 6.45) is 0.392. The van der Waals surface area contributed by atoms with E-state index in [1.54, 1.807) is 6.07 Å². The predicted molar refractivity (Wildman–Crippen MR) is 126 cm³/mol. The minimum absolute atomic E-state index is 0.0863. The van der Waals surface area contributed by atoms with E-state index in [9.17, 15) is 0 Å². The van der Waals surface area contributed by atoms with Gasteiger partial charge in [0.05, 0.1) is 16.8 Å². The molecule has 5 heteroatoms. The summed E-state index contributed by atoms with van der Waals surface area (Å²) >= 11 is 12.7. The van der Waals surface area contributed by atoms with Gasteiger partial charge in [-0.3, -0.25) is 0 Å². The molecule has 2 aliphatic heterocycles. The third-order valence-corrected chi connectivity index (χ3v) is 6.57. The second-order valence-electron chi connectivity index (χ2n) is 7.88. The number of hydrogen-bond donors (Lipinski definition) is 0. The molecule has 3 nitrogen and oxygen atoms in total. The first kappa shape index (κ1) is 18.7. The van der Waals surface area contributed by atoms with Gasteiger partial charge < -0.3 is 4.74 Å². The number of rotatable bonds is 2. The summed E-state index contributed by atoms with van der Waals surface area (Å²) < 4.78 is 6.40. The highest BCUT2D eigenvalue weighted by Crippen LogP contribution is 2.48. The Morgan fingerprint density at radius 1 is 0.806 bits per heavy atom. The Bertz CT molecular complexity index is 1350. The van der Waals surface area contributed by atoms with Gasteiger partial charge in [-0.15, -0.1) is 0 Å². The van der Waals surface area contributed by atoms with Crippen LogP contribution in [0.4, 0.5) is 0 Å². The summed E-state index contributed by atoms with van der Waals surface area (Å²) in [4.78, 5) is 0. The van der Waals surface area contributed by atoms with E-state index in [4.69, 9.17) is 33.0 Å². The average Bonchev–Trinajstić information content (AvgIpc) is 3.24. The minimum Gasteiger partial charge on any atom is -0.464 e. The van der Waals surface area contributed by atoms with Crippen molar-refractivity contribution in [3.63, 3.8) is 0 Å². The lowest BCUT2D eigenvalue weighted by Gasteiger charge is -2.38. The lowest BCUT2D eigenvalue weighted by Crippen LogP contribution is -2.33. The van der Waals surface area contributed by atoms with Crippen molar-refractivity contribution >= 4 is 39.7 Å². The molecule has 0 fully saturated rings. The molecule has 0 radical (unpaired) electrons. The van der Waals surface area contributed by atoms with Crippen LogP contribution in [0.2, 0.25) is 10.0 Å². The van der Waals surface area contributed by atoms with Gasteiger partial charge in [-0.2, -0.15) is 5.10 Å². The van der Waals surface area contributed by atoms with Crippen LogP contribution >= 0.6 is 23.2 Å². The highest BCUT2D eigenvalue weighted by atomic mass is 35.5. The molecule has 2 aliphatic rings. The fourth-order valence-corrected chi connectivity index (χ4v) is 4.99. The van der Waals surface area contributed by atoms with Crippen LogP contribution in [-0.2, 0) is 0 Å². The first-order chi connectivity index (χ1) is 15.2. The number of hydrazone groups is 1. The molecule has 2 atom stereocenters. The highest BCUT2D eigenvalue weighted by molar-refractivity contribution is 6.35.